The highest BCUT2D eigenvalue weighted by atomic mass is 35.5. The van der Waals surface area contributed by atoms with Crippen molar-refractivity contribution < 1.29 is 10.0 Å². The molecule has 1 aliphatic rings. The third kappa shape index (κ3) is 4.30. The van der Waals surface area contributed by atoms with Gasteiger partial charge in [-0.2, -0.15) is 0 Å². The Morgan fingerprint density at radius 3 is 2.81 bits per heavy atom. The molecule has 1 aromatic rings. The van der Waals surface area contributed by atoms with Gasteiger partial charge in [-0.05, 0) is 24.5 Å². The van der Waals surface area contributed by atoms with Crippen molar-refractivity contribution in [2.45, 2.75) is 45.4 Å². The standard InChI is InChI=1S/C14H21N3O3.ClH/c1-9(2)15-7-12-4-3-10-5-11(8-18)14(17(19)20)6-13(10)16-12;/h5-6,9,12,15-16,18H,3-4,7-8H2,1-2H3;1H. The highest BCUT2D eigenvalue weighted by Gasteiger charge is 2.23. The fourth-order valence-electron chi connectivity index (χ4n) is 2.47. The van der Waals surface area contributed by atoms with Gasteiger partial charge in [0.05, 0.1) is 17.1 Å². The number of benzene rings is 1. The molecule has 0 aromatic heterocycles. The summed E-state index contributed by atoms with van der Waals surface area (Å²) in [6, 6.07) is 3.99. The molecule has 2 rings (SSSR count). The lowest BCUT2D eigenvalue weighted by atomic mass is 9.95. The van der Waals surface area contributed by atoms with Crippen LogP contribution in [0.25, 0.3) is 0 Å². The quantitative estimate of drug-likeness (QED) is 0.573. The predicted molar refractivity (Wildman–Crippen MR) is 85.1 cm³/mol. The van der Waals surface area contributed by atoms with Crippen molar-refractivity contribution in [1.29, 1.82) is 0 Å². The molecule has 0 saturated carbocycles. The van der Waals surface area contributed by atoms with Crippen LogP contribution < -0.4 is 10.6 Å². The first-order valence-corrected chi connectivity index (χ1v) is 6.92. The molecule has 0 aliphatic carbocycles. The van der Waals surface area contributed by atoms with Crippen molar-refractivity contribution >= 4 is 23.8 Å². The minimum absolute atomic E-state index is 0. The number of hydrogen-bond acceptors (Lipinski definition) is 5. The van der Waals surface area contributed by atoms with Crippen molar-refractivity contribution in [3.05, 3.63) is 33.4 Å². The van der Waals surface area contributed by atoms with Crippen molar-refractivity contribution in [3.8, 4) is 0 Å². The first-order valence-electron chi connectivity index (χ1n) is 6.92. The van der Waals surface area contributed by atoms with Crippen LogP contribution in [-0.2, 0) is 13.0 Å². The van der Waals surface area contributed by atoms with E-state index in [1.165, 1.54) is 0 Å². The number of nitrogens with zero attached hydrogens (tertiary/aromatic N) is 1. The second kappa shape index (κ2) is 7.59. The van der Waals surface area contributed by atoms with Gasteiger partial charge < -0.3 is 15.7 Å². The van der Waals surface area contributed by atoms with Gasteiger partial charge >= 0.3 is 0 Å². The Bertz CT molecular complexity index is 508. The fraction of sp³-hybridized carbons (Fsp3) is 0.571. The van der Waals surface area contributed by atoms with E-state index in [1.54, 1.807) is 12.1 Å². The van der Waals surface area contributed by atoms with Crippen LogP contribution in [0.2, 0.25) is 0 Å². The average molecular weight is 316 g/mol. The van der Waals surface area contributed by atoms with E-state index in [4.69, 9.17) is 0 Å². The molecule has 118 valence electrons. The summed E-state index contributed by atoms with van der Waals surface area (Å²) in [5.41, 5.74) is 2.22. The van der Waals surface area contributed by atoms with Gasteiger partial charge in [0.25, 0.3) is 5.69 Å². The minimum atomic E-state index is -0.441. The highest BCUT2D eigenvalue weighted by Crippen LogP contribution is 2.32. The molecule has 1 aromatic carbocycles. The first-order chi connectivity index (χ1) is 9.51. The minimum Gasteiger partial charge on any atom is -0.391 e. The zero-order valence-electron chi connectivity index (χ0n) is 12.3. The van der Waals surface area contributed by atoms with Gasteiger partial charge in [-0.25, -0.2) is 0 Å². The molecular formula is C14H22ClN3O3. The smallest absolute Gasteiger partial charge is 0.276 e. The molecule has 0 fully saturated rings. The summed E-state index contributed by atoms with van der Waals surface area (Å²) >= 11 is 0. The number of hydrogen-bond donors (Lipinski definition) is 3. The maximum Gasteiger partial charge on any atom is 0.276 e. The lowest BCUT2D eigenvalue weighted by molar-refractivity contribution is -0.385. The van der Waals surface area contributed by atoms with Crippen LogP contribution in [0.5, 0.6) is 0 Å². The van der Waals surface area contributed by atoms with Crippen molar-refractivity contribution in [3.63, 3.8) is 0 Å². The number of rotatable bonds is 5. The number of aliphatic hydroxyl groups excluding tert-OH is 1. The summed E-state index contributed by atoms with van der Waals surface area (Å²) in [5.74, 6) is 0. The lowest BCUT2D eigenvalue weighted by Crippen LogP contribution is -2.38. The Labute approximate surface area is 130 Å². The number of halogens is 1. The maximum absolute atomic E-state index is 11.0. The maximum atomic E-state index is 11.0. The first kappa shape index (κ1) is 17.7. The van der Waals surface area contributed by atoms with Crippen LogP contribution in [0, 0.1) is 10.1 Å². The molecule has 3 N–H and O–H groups in total. The van der Waals surface area contributed by atoms with Crippen LogP contribution >= 0.6 is 12.4 Å². The number of nitrogens with one attached hydrogen (secondary N) is 2. The highest BCUT2D eigenvalue weighted by molar-refractivity contribution is 5.85. The summed E-state index contributed by atoms with van der Waals surface area (Å²) < 4.78 is 0. The summed E-state index contributed by atoms with van der Waals surface area (Å²) in [6.45, 7) is 4.72. The van der Waals surface area contributed by atoms with Crippen LogP contribution in [0.3, 0.4) is 0 Å². The van der Waals surface area contributed by atoms with E-state index in [-0.39, 0.29) is 30.7 Å². The van der Waals surface area contributed by atoms with E-state index in [1.807, 2.05) is 0 Å². The van der Waals surface area contributed by atoms with Gasteiger partial charge in [0.1, 0.15) is 0 Å². The number of nitro benzene ring substituents is 1. The largest absolute Gasteiger partial charge is 0.391 e. The Kier molecular flexibility index (Phi) is 6.39. The van der Waals surface area contributed by atoms with E-state index in [0.29, 0.717) is 11.6 Å². The molecular weight excluding hydrogens is 294 g/mol. The third-order valence-corrected chi connectivity index (χ3v) is 3.57. The fourth-order valence-corrected chi connectivity index (χ4v) is 2.47. The normalized spacial score (nSPS) is 16.9. The zero-order valence-corrected chi connectivity index (χ0v) is 13.1. The second-order valence-electron chi connectivity index (χ2n) is 5.50. The topological polar surface area (TPSA) is 87.4 Å². The number of fused-ring (bicyclic) bond motifs is 1. The summed E-state index contributed by atoms with van der Waals surface area (Å²) in [6.07, 6.45) is 1.85. The van der Waals surface area contributed by atoms with Crippen LogP contribution in [0.4, 0.5) is 11.4 Å². The molecule has 1 atom stereocenters. The Morgan fingerprint density at radius 1 is 1.52 bits per heavy atom. The molecule has 0 bridgehead atoms. The number of anilines is 1. The van der Waals surface area contributed by atoms with E-state index in [9.17, 15) is 15.2 Å². The van der Waals surface area contributed by atoms with Crippen molar-refractivity contribution in [2.75, 3.05) is 11.9 Å². The van der Waals surface area contributed by atoms with Gasteiger partial charge in [-0.1, -0.05) is 13.8 Å². The molecule has 1 heterocycles. The molecule has 1 unspecified atom stereocenters. The number of nitro groups is 1. The van der Waals surface area contributed by atoms with Crippen molar-refractivity contribution in [1.82, 2.24) is 5.32 Å². The van der Waals surface area contributed by atoms with E-state index in [2.05, 4.69) is 24.5 Å². The van der Waals surface area contributed by atoms with Gasteiger partial charge in [-0.15, -0.1) is 12.4 Å². The van der Waals surface area contributed by atoms with Gasteiger partial charge in [-0.3, -0.25) is 10.1 Å². The van der Waals surface area contributed by atoms with E-state index >= 15 is 0 Å². The summed E-state index contributed by atoms with van der Waals surface area (Å²) in [5, 5.41) is 27.0. The van der Waals surface area contributed by atoms with Crippen LogP contribution in [0.1, 0.15) is 31.4 Å². The summed E-state index contributed by atoms with van der Waals surface area (Å²) in [4.78, 5) is 10.6. The molecule has 0 amide bonds. The molecule has 6 nitrogen and oxygen atoms in total. The zero-order chi connectivity index (χ0) is 14.7. The van der Waals surface area contributed by atoms with Gasteiger partial charge in [0.15, 0.2) is 0 Å². The lowest BCUT2D eigenvalue weighted by Gasteiger charge is -2.28. The van der Waals surface area contributed by atoms with E-state index in [0.717, 1.165) is 30.6 Å². The molecule has 7 heteroatoms. The Hall–Kier alpha value is -1.37. The SMILES string of the molecule is CC(C)NCC1CCc2cc(CO)c([N+](=O)[O-])cc2N1.Cl. The van der Waals surface area contributed by atoms with E-state index < -0.39 is 4.92 Å². The van der Waals surface area contributed by atoms with Crippen LogP contribution in [0.15, 0.2) is 12.1 Å². The Morgan fingerprint density at radius 2 is 2.24 bits per heavy atom. The number of aryl methyl sites for hydroxylation is 1. The molecule has 0 radical (unpaired) electrons. The molecule has 0 saturated heterocycles. The van der Waals surface area contributed by atoms with Crippen molar-refractivity contribution in [2.24, 2.45) is 0 Å². The van der Waals surface area contributed by atoms with Gasteiger partial charge in [0, 0.05) is 30.4 Å². The van der Waals surface area contributed by atoms with Crippen LogP contribution in [-0.4, -0.2) is 28.7 Å². The Balaban J connectivity index is 0.00000220. The molecule has 0 spiro atoms. The van der Waals surface area contributed by atoms with Gasteiger partial charge in [0.2, 0.25) is 0 Å². The average Bonchev–Trinajstić information content (AvgIpc) is 2.43. The third-order valence-electron chi connectivity index (χ3n) is 3.57. The monoisotopic (exact) mass is 315 g/mol. The summed E-state index contributed by atoms with van der Waals surface area (Å²) in [7, 11) is 0. The molecule has 21 heavy (non-hydrogen) atoms. The number of aliphatic hydroxyl groups is 1. The second-order valence-corrected chi connectivity index (χ2v) is 5.50. The molecule has 1 aliphatic heterocycles. The predicted octanol–water partition coefficient (Wildman–Crippen LogP) is 2.23.